The monoisotopic (exact) mass is 211 g/mol. The van der Waals surface area contributed by atoms with E-state index in [0.717, 1.165) is 11.1 Å². The van der Waals surface area contributed by atoms with E-state index in [4.69, 9.17) is 14.2 Å². The van der Waals surface area contributed by atoms with E-state index in [1.807, 2.05) is 19.9 Å². The van der Waals surface area contributed by atoms with Gasteiger partial charge in [-0.05, 0) is 25.5 Å². The molecule has 0 aromatic carbocycles. The van der Waals surface area contributed by atoms with Crippen LogP contribution in [0.25, 0.3) is 0 Å². The minimum atomic E-state index is 0.209. The Kier molecular flexibility index (Phi) is 5.07. The Morgan fingerprint density at radius 3 is 2.73 bits per heavy atom. The fourth-order valence-electron chi connectivity index (χ4n) is 1.15. The standard InChI is InChI=1S/C11H17NO3/c1-9-6-10(2)11(12-7-9)15-8-14-5-4-13-3/h6-7H,4-5,8H2,1-3H3. The predicted octanol–water partition coefficient (Wildman–Crippen LogP) is 1.70. The predicted molar refractivity (Wildman–Crippen MR) is 57.0 cm³/mol. The van der Waals surface area contributed by atoms with Crippen LogP contribution < -0.4 is 4.74 Å². The Morgan fingerprint density at radius 1 is 1.27 bits per heavy atom. The molecule has 0 aliphatic rings. The average Bonchev–Trinajstić information content (AvgIpc) is 2.20. The van der Waals surface area contributed by atoms with Gasteiger partial charge in [0.2, 0.25) is 5.88 Å². The second kappa shape index (κ2) is 6.37. The molecule has 0 bridgehead atoms. The van der Waals surface area contributed by atoms with E-state index in [2.05, 4.69) is 4.98 Å². The molecule has 1 aromatic heterocycles. The van der Waals surface area contributed by atoms with E-state index in [0.29, 0.717) is 19.1 Å². The van der Waals surface area contributed by atoms with Crippen molar-refractivity contribution in [2.45, 2.75) is 13.8 Å². The molecule has 0 atom stereocenters. The zero-order valence-corrected chi connectivity index (χ0v) is 9.45. The molecule has 0 spiro atoms. The van der Waals surface area contributed by atoms with Crippen LogP contribution in [0.3, 0.4) is 0 Å². The zero-order valence-electron chi connectivity index (χ0n) is 9.45. The molecular weight excluding hydrogens is 194 g/mol. The topological polar surface area (TPSA) is 40.6 Å². The third-order valence-corrected chi connectivity index (χ3v) is 1.88. The van der Waals surface area contributed by atoms with Gasteiger partial charge in [-0.2, -0.15) is 0 Å². The van der Waals surface area contributed by atoms with Crippen LogP contribution in [-0.4, -0.2) is 32.1 Å². The minimum absolute atomic E-state index is 0.209. The molecule has 0 radical (unpaired) electrons. The van der Waals surface area contributed by atoms with Gasteiger partial charge in [-0.25, -0.2) is 4.98 Å². The lowest BCUT2D eigenvalue weighted by Gasteiger charge is -2.08. The van der Waals surface area contributed by atoms with E-state index in [1.54, 1.807) is 13.3 Å². The minimum Gasteiger partial charge on any atom is -0.450 e. The van der Waals surface area contributed by atoms with Gasteiger partial charge in [0, 0.05) is 18.9 Å². The Hall–Kier alpha value is -1.13. The third kappa shape index (κ3) is 4.27. The van der Waals surface area contributed by atoms with Crippen molar-refractivity contribution in [2.24, 2.45) is 0 Å². The lowest BCUT2D eigenvalue weighted by molar-refractivity contribution is -0.0108. The van der Waals surface area contributed by atoms with E-state index in [1.165, 1.54) is 0 Å². The molecule has 0 unspecified atom stereocenters. The third-order valence-electron chi connectivity index (χ3n) is 1.88. The highest BCUT2D eigenvalue weighted by molar-refractivity contribution is 5.27. The summed E-state index contributed by atoms with van der Waals surface area (Å²) in [5, 5.41) is 0. The maximum atomic E-state index is 5.35. The number of ether oxygens (including phenoxy) is 3. The molecule has 15 heavy (non-hydrogen) atoms. The number of hydrogen-bond donors (Lipinski definition) is 0. The summed E-state index contributed by atoms with van der Waals surface area (Å²) in [5.41, 5.74) is 2.14. The summed E-state index contributed by atoms with van der Waals surface area (Å²) >= 11 is 0. The van der Waals surface area contributed by atoms with Gasteiger partial charge in [0.1, 0.15) is 0 Å². The zero-order chi connectivity index (χ0) is 11.1. The van der Waals surface area contributed by atoms with Gasteiger partial charge in [-0.3, -0.25) is 0 Å². The van der Waals surface area contributed by atoms with Crippen molar-refractivity contribution >= 4 is 0 Å². The number of aryl methyl sites for hydroxylation is 2. The van der Waals surface area contributed by atoms with Crippen LogP contribution in [0.4, 0.5) is 0 Å². The van der Waals surface area contributed by atoms with E-state index < -0.39 is 0 Å². The van der Waals surface area contributed by atoms with Gasteiger partial charge in [-0.1, -0.05) is 0 Å². The summed E-state index contributed by atoms with van der Waals surface area (Å²) in [7, 11) is 1.63. The SMILES string of the molecule is COCCOCOc1ncc(C)cc1C. The van der Waals surface area contributed by atoms with Crippen molar-refractivity contribution in [1.29, 1.82) is 0 Å². The molecule has 1 aromatic rings. The summed E-state index contributed by atoms with van der Waals surface area (Å²) in [4.78, 5) is 4.16. The first kappa shape index (κ1) is 11.9. The number of aromatic nitrogens is 1. The number of pyridine rings is 1. The normalized spacial score (nSPS) is 10.3. The molecule has 84 valence electrons. The van der Waals surface area contributed by atoms with Crippen molar-refractivity contribution in [3.05, 3.63) is 23.4 Å². The molecule has 4 heteroatoms. The molecule has 1 heterocycles. The van der Waals surface area contributed by atoms with Crippen molar-refractivity contribution in [3.63, 3.8) is 0 Å². The molecular formula is C11H17NO3. The average molecular weight is 211 g/mol. The Morgan fingerprint density at radius 2 is 2.07 bits per heavy atom. The summed E-state index contributed by atoms with van der Waals surface area (Å²) < 4.78 is 15.4. The van der Waals surface area contributed by atoms with E-state index in [-0.39, 0.29) is 6.79 Å². The number of methoxy groups -OCH3 is 1. The molecule has 0 saturated carbocycles. The fourth-order valence-corrected chi connectivity index (χ4v) is 1.15. The number of hydrogen-bond acceptors (Lipinski definition) is 4. The Balaban J connectivity index is 2.31. The second-order valence-corrected chi connectivity index (χ2v) is 3.30. The molecule has 0 aliphatic heterocycles. The van der Waals surface area contributed by atoms with Gasteiger partial charge in [0.05, 0.1) is 13.2 Å². The van der Waals surface area contributed by atoms with Crippen LogP contribution in [0.15, 0.2) is 12.3 Å². The quantitative estimate of drug-likeness (QED) is 0.530. The lowest BCUT2D eigenvalue weighted by atomic mass is 10.2. The number of rotatable bonds is 6. The van der Waals surface area contributed by atoms with Gasteiger partial charge < -0.3 is 14.2 Å². The van der Waals surface area contributed by atoms with Crippen LogP contribution >= 0.6 is 0 Å². The van der Waals surface area contributed by atoms with Crippen LogP contribution in [0.2, 0.25) is 0 Å². The van der Waals surface area contributed by atoms with Gasteiger partial charge >= 0.3 is 0 Å². The molecule has 1 rings (SSSR count). The highest BCUT2D eigenvalue weighted by Crippen LogP contribution is 2.14. The number of nitrogens with zero attached hydrogens (tertiary/aromatic N) is 1. The second-order valence-electron chi connectivity index (χ2n) is 3.30. The molecule has 0 amide bonds. The summed E-state index contributed by atoms with van der Waals surface area (Å²) in [6.45, 7) is 5.27. The van der Waals surface area contributed by atoms with Crippen molar-refractivity contribution in [3.8, 4) is 5.88 Å². The van der Waals surface area contributed by atoms with E-state index >= 15 is 0 Å². The first-order valence-electron chi connectivity index (χ1n) is 4.86. The maximum absolute atomic E-state index is 5.35. The van der Waals surface area contributed by atoms with Gasteiger partial charge in [0.25, 0.3) is 0 Å². The van der Waals surface area contributed by atoms with Crippen molar-refractivity contribution in [1.82, 2.24) is 4.98 Å². The maximum Gasteiger partial charge on any atom is 0.218 e. The first-order valence-corrected chi connectivity index (χ1v) is 4.86. The Labute approximate surface area is 90.2 Å². The highest BCUT2D eigenvalue weighted by Gasteiger charge is 2.00. The van der Waals surface area contributed by atoms with Gasteiger partial charge in [0.15, 0.2) is 6.79 Å². The summed E-state index contributed by atoms with van der Waals surface area (Å²) in [6, 6.07) is 2.03. The smallest absolute Gasteiger partial charge is 0.218 e. The molecule has 0 N–H and O–H groups in total. The van der Waals surface area contributed by atoms with Crippen LogP contribution in [-0.2, 0) is 9.47 Å². The first-order chi connectivity index (χ1) is 7.24. The molecule has 0 saturated heterocycles. The van der Waals surface area contributed by atoms with E-state index in [9.17, 15) is 0 Å². The van der Waals surface area contributed by atoms with Crippen molar-refractivity contribution < 1.29 is 14.2 Å². The van der Waals surface area contributed by atoms with Crippen LogP contribution in [0.5, 0.6) is 5.88 Å². The summed E-state index contributed by atoms with van der Waals surface area (Å²) in [5.74, 6) is 0.623. The fraction of sp³-hybridized carbons (Fsp3) is 0.545. The lowest BCUT2D eigenvalue weighted by Crippen LogP contribution is -2.09. The summed E-state index contributed by atoms with van der Waals surface area (Å²) in [6.07, 6.45) is 1.78. The van der Waals surface area contributed by atoms with Crippen LogP contribution in [0, 0.1) is 13.8 Å². The molecule has 4 nitrogen and oxygen atoms in total. The van der Waals surface area contributed by atoms with Crippen LogP contribution in [0.1, 0.15) is 11.1 Å². The highest BCUT2D eigenvalue weighted by atomic mass is 16.7. The largest absolute Gasteiger partial charge is 0.450 e. The Bertz CT molecular complexity index is 302. The van der Waals surface area contributed by atoms with Crippen molar-refractivity contribution in [2.75, 3.05) is 27.1 Å². The molecule has 0 fully saturated rings. The molecule has 0 aliphatic carbocycles. The van der Waals surface area contributed by atoms with Gasteiger partial charge in [-0.15, -0.1) is 0 Å².